The Labute approximate surface area is 113 Å². The monoisotopic (exact) mass is 270 g/mol. The van der Waals surface area contributed by atoms with E-state index in [9.17, 15) is 0 Å². The maximum absolute atomic E-state index is 5.57. The Kier molecular flexibility index (Phi) is 4.91. The Bertz CT molecular complexity index is 369. The highest BCUT2D eigenvalue weighted by atomic mass is 32.1. The van der Waals surface area contributed by atoms with Crippen LogP contribution in [0.5, 0.6) is 0 Å². The fourth-order valence-electron chi connectivity index (χ4n) is 1.95. The molecule has 1 atom stereocenters. The van der Waals surface area contributed by atoms with Crippen molar-refractivity contribution in [3.63, 3.8) is 0 Å². The molecule has 0 saturated carbocycles. The molecule has 1 saturated heterocycles. The summed E-state index contributed by atoms with van der Waals surface area (Å²) in [5.74, 6) is 0.942. The molecular weight excluding hydrogens is 248 g/mol. The lowest BCUT2D eigenvalue weighted by atomic mass is 10.2. The summed E-state index contributed by atoms with van der Waals surface area (Å²) >= 11 is 1.50. The number of hydrogen-bond donors (Lipinski definition) is 1. The molecule has 1 aromatic rings. The van der Waals surface area contributed by atoms with Crippen LogP contribution in [0.4, 0.5) is 5.13 Å². The number of aromatic nitrogens is 2. The van der Waals surface area contributed by atoms with Crippen molar-refractivity contribution in [1.82, 2.24) is 14.7 Å². The number of ether oxygens (including phenoxy) is 1. The highest BCUT2D eigenvalue weighted by Gasteiger charge is 2.25. The van der Waals surface area contributed by atoms with Crippen molar-refractivity contribution in [2.75, 3.05) is 31.2 Å². The number of nitrogens with one attached hydrogen (secondary N) is 1. The quantitative estimate of drug-likeness (QED) is 0.874. The van der Waals surface area contributed by atoms with Crippen molar-refractivity contribution in [2.45, 2.75) is 39.3 Å². The number of rotatable bonds is 5. The number of aryl methyl sites for hydroxylation is 1. The number of hydrogen-bond acceptors (Lipinski definition) is 6. The first-order chi connectivity index (χ1) is 8.70. The minimum atomic E-state index is 0.360. The highest BCUT2D eigenvalue weighted by Crippen LogP contribution is 2.21. The lowest BCUT2D eigenvalue weighted by Gasteiger charge is -2.35. The van der Waals surface area contributed by atoms with Gasteiger partial charge in [0.2, 0.25) is 5.13 Å². The molecule has 1 aromatic heterocycles. The van der Waals surface area contributed by atoms with E-state index < -0.39 is 0 Å². The lowest BCUT2D eigenvalue weighted by molar-refractivity contribution is 0.0931. The first-order valence-corrected chi connectivity index (χ1v) is 7.38. The largest absolute Gasteiger partial charge is 0.377 e. The molecule has 1 aliphatic heterocycles. The molecule has 0 amide bonds. The summed E-state index contributed by atoms with van der Waals surface area (Å²) < 4.78 is 9.94. The zero-order valence-electron chi connectivity index (χ0n) is 11.3. The van der Waals surface area contributed by atoms with Crippen LogP contribution in [0.25, 0.3) is 0 Å². The van der Waals surface area contributed by atoms with Crippen LogP contribution in [0.2, 0.25) is 0 Å². The molecule has 102 valence electrons. The maximum Gasteiger partial charge on any atom is 0.205 e. The summed E-state index contributed by atoms with van der Waals surface area (Å²) in [6, 6.07) is 0.855. The smallest absolute Gasteiger partial charge is 0.205 e. The minimum absolute atomic E-state index is 0.360. The molecule has 2 rings (SSSR count). The second-order valence-electron chi connectivity index (χ2n) is 4.83. The Hall–Kier alpha value is -0.720. The third-order valence-corrected chi connectivity index (χ3v) is 3.80. The molecule has 0 radical (unpaired) electrons. The molecular formula is C12H22N4OS. The van der Waals surface area contributed by atoms with Crippen molar-refractivity contribution >= 4 is 16.7 Å². The van der Waals surface area contributed by atoms with Crippen LogP contribution in [-0.4, -0.2) is 47.7 Å². The maximum atomic E-state index is 5.57. The van der Waals surface area contributed by atoms with Crippen LogP contribution in [0.15, 0.2) is 0 Å². The van der Waals surface area contributed by atoms with Crippen LogP contribution >= 0.6 is 11.5 Å². The zero-order valence-corrected chi connectivity index (χ0v) is 12.2. The van der Waals surface area contributed by atoms with Crippen molar-refractivity contribution < 1.29 is 4.74 Å². The summed E-state index contributed by atoms with van der Waals surface area (Å²) in [5, 5.41) is 4.50. The fourth-order valence-corrected chi connectivity index (χ4v) is 2.80. The second kappa shape index (κ2) is 6.45. The van der Waals surface area contributed by atoms with Gasteiger partial charge < -0.3 is 15.0 Å². The summed E-state index contributed by atoms with van der Waals surface area (Å²) in [6.45, 7) is 9.78. The summed E-state index contributed by atoms with van der Waals surface area (Å²) in [7, 11) is 0. The number of anilines is 1. The van der Waals surface area contributed by atoms with Crippen LogP contribution in [0.1, 0.15) is 26.6 Å². The summed E-state index contributed by atoms with van der Waals surface area (Å²) in [4.78, 5) is 6.91. The van der Waals surface area contributed by atoms with Gasteiger partial charge in [-0.05, 0) is 0 Å². The third kappa shape index (κ3) is 3.40. The average molecular weight is 270 g/mol. The predicted octanol–water partition coefficient (Wildman–Crippen LogP) is 1.30. The predicted molar refractivity (Wildman–Crippen MR) is 74.4 cm³/mol. The Morgan fingerprint density at radius 2 is 2.39 bits per heavy atom. The molecule has 1 fully saturated rings. The van der Waals surface area contributed by atoms with Gasteiger partial charge in [0, 0.05) is 37.1 Å². The van der Waals surface area contributed by atoms with Crippen molar-refractivity contribution in [2.24, 2.45) is 0 Å². The van der Waals surface area contributed by atoms with E-state index in [4.69, 9.17) is 4.74 Å². The van der Waals surface area contributed by atoms with E-state index in [0.717, 1.165) is 43.7 Å². The summed E-state index contributed by atoms with van der Waals surface area (Å²) in [5.41, 5.74) is 0. The van der Waals surface area contributed by atoms with Crippen molar-refractivity contribution in [3.05, 3.63) is 5.82 Å². The van der Waals surface area contributed by atoms with Crippen molar-refractivity contribution in [3.8, 4) is 0 Å². The molecule has 0 bridgehead atoms. The van der Waals surface area contributed by atoms with Crippen molar-refractivity contribution in [1.29, 1.82) is 0 Å². The van der Waals surface area contributed by atoms with E-state index in [2.05, 4.69) is 40.3 Å². The fraction of sp³-hybridized carbons (Fsp3) is 0.833. The lowest BCUT2D eigenvalue weighted by Crippen LogP contribution is -2.51. The van der Waals surface area contributed by atoms with Gasteiger partial charge in [-0.2, -0.15) is 4.37 Å². The van der Waals surface area contributed by atoms with E-state index in [-0.39, 0.29) is 0 Å². The van der Waals surface area contributed by atoms with E-state index in [1.54, 1.807) is 0 Å². The van der Waals surface area contributed by atoms with Gasteiger partial charge in [0.1, 0.15) is 5.82 Å². The van der Waals surface area contributed by atoms with E-state index in [1.807, 2.05) is 0 Å². The molecule has 6 heteroatoms. The van der Waals surface area contributed by atoms with E-state index in [1.165, 1.54) is 11.5 Å². The molecule has 0 aliphatic carbocycles. The normalized spacial score (nSPS) is 20.7. The zero-order chi connectivity index (χ0) is 13.0. The molecule has 0 aromatic carbocycles. The molecule has 1 aliphatic rings. The third-order valence-electron chi connectivity index (χ3n) is 3.01. The van der Waals surface area contributed by atoms with E-state index in [0.29, 0.717) is 12.1 Å². The van der Waals surface area contributed by atoms with Crippen LogP contribution < -0.4 is 10.2 Å². The SMILES string of the molecule is CCc1nsc(N2CCOCC2CNC(C)C)n1. The van der Waals surface area contributed by atoms with E-state index >= 15 is 0 Å². The van der Waals surface area contributed by atoms with Crippen LogP contribution in [0, 0.1) is 0 Å². The van der Waals surface area contributed by atoms with Gasteiger partial charge in [-0.3, -0.25) is 0 Å². The Morgan fingerprint density at radius 1 is 1.56 bits per heavy atom. The Morgan fingerprint density at radius 3 is 3.06 bits per heavy atom. The standard InChI is InChI=1S/C12H22N4OS/c1-4-11-14-12(18-15-11)16-5-6-17-8-10(16)7-13-9(2)3/h9-10,13H,4-8H2,1-3H3. The molecule has 2 heterocycles. The first-order valence-electron chi connectivity index (χ1n) is 6.61. The topological polar surface area (TPSA) is 50.3 Å². The molecule has 0 spiro atoms. The Balaban J connectivity index is 2.02. The molecule has 5 nitrogen and oxygen atoms in total. The van der Waals surface area contributed by atoms with Gasteiger partial charge in [-0.25, -0.2) is 4.98 Å². The van der Waals surface area contributed by atoms with Crippen LogP contribution in [-0.2, 0) is 11.2 Å². The molecule has 1 N–H and O–H groups in total. The van der Waals surface area contributed by atoms with Gasteiger partial charge in [0.15, 0.2) is 0 Å². The van der Waals surface area contributed by atoms with Gasteiger partial charge in [0.05, 0.1) is 19.3 Å². The number of morpholine rings is 1. The molecule has 18 heavy (non-hydrogen) atoms. The molecule has 1 unspecified atom stereocenters. The summed E-state index contributed by atoms with van der Waals surface area (Å²) in [6.07, 6.45) is 0.899. The minimum Gasteiger partial charge on any atom is -0.377 e. The first kappa shape index (κ1) is 13.7. The van der Waals surface area contributed by atoms with Crippen LogP contribution in [0.3, 0.4) is 0 Å². The van der Waals surface area contributed by atoms with Gasteiger partial charge >= 0.3 is 0 Å². The average Bonchev–Trinajstić information content (AvgIpc) is 2.85. The second-order valence-corrected chi connectivity index (χ2v) is 5.56. The van der Waals surface area contributed by atoms with Gasteiger partial charge in [-0.15, -0.1) is 0 Å². The number of nitrogens with zero attached hydrogens (tertiary/aromatic N) is 3. The van der Waals surface area contributed by atoms with Gasteiger partial charge in [-0.1, -0.05) is 20.8 Å². The van der Waals surface area contributed by atoms with Gasteiger partial charge in [0.25, 0.3) is 0 Å². The highest BCUT2D eigenvalue weighted by molar-refractivity contribution is 7.09.